The molecule has 2 aromatic heterocycles. The number of rotatable bonds is 4. The molecule has 1 N–H and O–H groups in total. The first-order chi connectivity index (χ1) is 9.06. The maximum atomic E-state index is 11.8. The standard InChI is InChI=1S/C12H14N4O2S/c1-9-7-10(15(2)14-9)13-11(17)8-19-12-5-3-4-6-16(12)18/h3-7H,8H2,1-2H3,(H,13,17). The third-order valence-corrected chi connectivity index (χ3v) is 3.43. The summed E-state index contributed by atoms with van der Waals surface area (Å²) in [6.07, 6.45) is 1.41. The fourth-order valence-corrected chi connectivity index (χ4v) is 2.28. The zero-order valence-corrected chi connectivity index (χ0v) is 11.5. The maximum Gasteiger partial charge on any atom is 0.251 e. The van der Waals surface area contributed by atoms with Crippen LogP contribution in [0.25, 0.3) is 0 Å². The Morgan fingerprint density at radius 3 is 3.00 bits per heavy atom. The van der Waals surface area contributed by atoms with Crippen molar-refractivity contribution in [2.75, 3.05) is 11.1 Å². The number of anilines is 1. The van der Waals surface area contributed by atoms with Crippen molar-refractivity contribution >= 4 is 23.5 Å². The third-order valence-electron chi connectivity index (χ3n) is 2.41. The molecule has 0 aliphatic heterocycles. The van der Waals surface area contributed by atoms with Crippen molar-refractivity contribution in [3.05, 3.63) is 41.4 Å². The van der Waals surface area contributed by atoms with Crippen molar-refractivity contribution in [2.45, 2.75) is 11.9 Å². The number of aromatic nitrogens is 3. The number of hydrogen-bond acceptors (Lipinski definition) is 4. The smallest absolute Gasteiger partial charge is 0.251 e. The van der Waals surface area contributed by atoms with Crippen molar-refractivity contribution in [3.63, 3.8) is 0 Å². The monoisotopic (exact) mass is 278 g/mol. The van der Waals surface area contributed by atoms with E-state index >= 15 is 0 Å². The third kappa shape index (κ3) is 3.47. The van der Waals surface area contributed by atoms with E-state index in [1.165, 1.54) is 18.0 Å². The Morgan fingerprint density at radius 2 is 2.37 bits per heavy atom. The summed E-state index contributed by atoms with van der Waals surface area (Å²) in [6, 6.07) is 6.88. The quantitative estimate of drug-likeness (QED) is 0.516. The molecule has 0 saturated carbocycles. The summed E-state index contributed by atoms with van der Waals surface area (Å²) < 4.78 is 2.35. The minimum atomic E-state index is -0.170. The van der Waals surface area contributed by atoms with E-state index in [4.69, 9.17) is 0 Å². The van der Waals surface area contributed by atoms with Gasteiger partial charge < -0.3 is 10.5 Å². The number of carbonyl (C=O) groups excluding carboxylic acids is 1. The Balaban J connectivity index is 1.92. The van der Waals surface area contributed by atoms with Crippen molar-refractivity contribution in [3.8, 4) is 0 Å². The van der Waals surface area contributed by atoms with Crippen molar-refractivity contribution < 1.29 is 9.52 Å². The predicted molar refractivity (Wildman–Crippen MR) is 72.7 cm³/mol. The molecule has 0 fully saturated rings. The molecule has 0 atom stereocenters. The summed E-state index contributed by atoms with van der Waals surface area (Å²) in [6.45, 7) is 1.86. The van der Waals surface area contributed by atoms with E-state index in [2.05, 4.69) is 10.4 Å². The number of pyridine rings is 1. The topological polar surface area (TPSA) is 73.9 Å². The first-order valence-corrected chi connectivity index (χ1v) is 6.66. The Labute approximate surface area is 115 Å². The Kier molecular flexibility index (Phi) is 4.06. The number of amides is 1. The molecule has 19 heavy (non-hydrogen) atoms. The first kappa shape index (κ1) is 13.4. The van der Waals surface area contributed by atoms with Gasteiger partial charge in [0.1, 0.15) is 5.82 Å². The highest BCUT2D eigenvalue weighted by Gasteiger charge is 2.11. The molecule has 0 aliphatic carbocycles. The Bertz CT molecular complexity index is 597. The van der Waals surface area contributed by atoms with Crippen LogP contribution in [0.1, 0.15) is 5.69 Å². The summed E-state index contributed by atoms with van der Waals surface area (Å²) in [5, 5.41) is 18.8. The molecule has 100 valence electrons. The molecule has 6 nitrogen and oxygen atoms in total. The lowest BCUT2D eigenvalue weighted by molar-refractivity contribution is -0.645. The van der Waals surface area contributed by atoms with Crippen molar-refractivity contribution in [1.82, 2.24) is 9.78 Å². The predicted octanol–water partition coefficient (Wildman–Crippen LogP) is 1.09. The highest BCUT2D eigenvalue weighted by Crippen LogP contribution is 2.14. The van der Waals surface area contributed by atoms with Crippen LogP contribution >= 0.6 is 11.8 Å². The molecule has 2 aromatic rings. The fraction of sp³-hybridized carbons (Fsp3) is 0.250. The van der Waals surface area contributed by atoms with Crippen LogP contribution in [0.15, 0.2) is 35.5 Å². The summed E-state index contributed by atoms with van der Waals surface area (Å²) in [5.41, 5.74) is 0.839. The second-order valence-corrected chi connectivity index (χ2v) is 4.99. The van der Waals surface area contributed by atoms with Crippen LogP contribution in [-0.4, -0.2) is 21.4 Å². The van der Waals surface area contributed by atoms with Gasteiger partial charge in [-0.3, -0.25) is 9.48 Å². The zero-order chi connectivity index (χ0) is 13.8. The molecular weight excluding hydrogens is 264 g/mol. The summed E-state index contributed by atoms with van der Waals surface area (Å²) in [5.74, 6) is 0.652. The number of thioether (sulfide) groups is 1. The minimum Gasteiger partial charge on any atom is -0.618 e. The number of aryl methyl sites for hydroxylation is 2. The lowest BCUT2D eigenvalue weighted by atomic mass is 10.4. The highest BCUT2D eigenvalue weighted by atomic mass is 32.2. The molecule has 0 aromatic carbocycles. The van der Waals surface area contributed by atoms with Crippen LogP contribution in [-0.2, 0) is 11.8 Å². The first-order valence-electron chi connectivity index (χ1n) is 5.68. The van der Waals surface area contributed by atoms with E-state index in [-0.39, 0.29) is 11.7 Å². The Hall–Kier alpha value is -2.02. The van der Waals surface area contributed by atoms with Gasteiger partial charge in [0, 0.05) is 25.2 Å². The molecule has 2 rings (SSSR count). The molecule has 0 radical (unpaired) electrons. The molecule has 1 amide bonds. The second kappa shape index (κ2) is 5.75. The van der Waals surface area contributed by atoms with Crippen molar-refractivity contribution in [2.24, 2.45) is 7.05 Å². The van der Waals surface area contributed by atoms with Gasteiger partial charge in [-0.05, 0) is 24.8 Å². The van der Waals surface area contributed by atoms with Crippen LogP contribution in [0, 0.1) is 12.1 Å². The normalized spacial score (nSPS) is 10.4. The Morgan fingerprint density at radius 1 is 1.58 bits per heavy atom. The van der Waals surface area contributed by atoms with E-state index in [1.807, 2.05) is 6.92 Å². The van der Waals surface area contributed by atoms with Gasteiger partial charge in [-0.2, -0.15) is 9.83 Å². The lowest BCUT2D eigenvalue weighted by Gasteiger charge is -2.05. The van der Waals surface area contributed by atoms with E-state index in [0.717, 1.165) is 10.4 Å². The van der Waals surface area contributed by atoms with Crippen molar-refractivity contribution in [1.29, 1.82) is 0 Å². The zero-order valence-electron chi connectivity index (χ0n) is 10.7. The largest absolute Gasteiger partial charge is 0.618 e. The van der Waals surface area contributed by atoms with E-state index in [1.54, 1.807) is 36.0 Å². The van der Waals surface area contributed by atoms with Gasteiger partial charge in [0.2, 0.25) is 5.91 Å². The molecule has 0 saturated heterocycles. The molecule has 0 bridgehead atoms. The maximum absolute atomic E-state index is 11.8. The van der Waals surface area contributed by atoms with E-state index in [9.17, 15) is 10.0 Å². The lowest BCUT2D eigenvalue weighted by Crippen LogP contribution is -2.28. The van der Waals surface area contributed by atoms with Gasteiger partial charge in [0.05, 0.1) is 11.4 Å². The van der Waals surface area contributed by atoms with Crippen LogP contribution in [0.4, 0.5) is 5.82 Å². The molecule has 2 heterocycles. The van der Waals surface area contributed by atoms with Crippen LogP contribution in [0.2, 0.25) is 0 Å². The van der Waals surface area contributed by atoms with Gasteiger partial charge in [0.25, 0.3) is 5.03 Å². The molecule has 7 heteroatoms. The van der Waals surface area contributed by atoms with Gasteiger partial charge in [-0.25, -0.2) is 0 Å². The summed E-state index contributed by atoms with van der Waals surface area (Å²) in [4.78, 5) is 11.8. The van der Waals surface area contributed by atoms with E-state index < -0.39 is 0 Å². The molecule has 0 unspecified atom stereocenters. The van der Waals surface area contributed by atoms with E-state index in [0.29, 0.717) is 10.8 Å². The average molecular weight is 278 g/mol. The fourth-order valence-electron chi connectivity index (χ4n) is 1.57. The minimum absolute atomic E-state index is 0.170. The van der Waals surface area contributed by atoms with Gasteiger partial charge in [0.15, 0.2) is 6.20 Å². The average Bonchev–Trinajstić information content (AvgIpc) is 2.67. The summed E-state index contributed by atoms with van der Waals surface area (Å²) in [7, 11) is 1.76. The van der Waals surface area contributed by atoms with Gasteiger partial charge in [-0.15, -0.1) is 0 Å². The second-order valence-electron chi connectivity index (χ2n) is 4.00. The van der Waals surface area contributed by atoms with Crippen LogP contribution in [0.3, 0.4) is 0 Å². The number of carbonyl (C=O) groups is 1. The number of nitrogens with one attached hydrogen (secondary N) is 1. The highest BCUT2D eigenvalue weighted by molar-refractivity contribution is 7.99. The molecule has 0 spiro atoms. The SMILES string of the molecule is Cc1cc(NC(=O)CSc2cccc[n+]2[O-])n(C)n1. The summed E-state index contributed by atoms with van der Waals surface area (Å²) >= 11 is 1.20. The van der Waals surface area contributed by atoms with Gasteiger partial charge in [-0.1, -0.05) is 0 Å². The molecular formula is C12H14N4O2S. The number of hydrogen-bond donors (Lipinski definition) is 1. The van der Waals surface area contributed by atoms with Crippen LogP contribution in [0.5, 0.6) is 0 Å². The number of nitrogens with zero attached hydrogens (tertiary/aromatic N) is 3. The van der Waals surface area contributed by atoms with Gasteiger partial charge >= 0.3 is 0 Å². The molecule has 0 aliphatic rings. The van der Waals surface area contributed by atoms with Crippen LogP contribution < -0.4 is 10.0 Å².